The minimum absolute atomic E-state index is 0.522. The average molecular weight is 286 g/mol. The standard InChI is InChI=1S/C13H20BrNO/c1-3-16-8-7-12(10-15-2)11-5-4-6-13(14)9-11/h4-6,9,12,15H,3,7-8,10H2,1-2H3. The van der Waals surface area contributed by atoms with Crippen LogP contribution >= 0.6 is 15.9 Å². The van der Waals surface area contributed by atoms with E-state index in [1.54, 1.807) is 0 Å². The summed E-state index contributed by atoms with van der Waals surface area (Å²) >= 11 is 3.51. The first kappa shape index (κ1) is 13.7. The average Bonchev–Trinajstić information content (AvgIpc) is 2.28. The third-order valence-corrected chi connectivity index (χ3v) is 3.08. The van der Waals surface area contributed by atoms with E-state index in [1.807, 2.05) is 14.0 Å². The van der Waals surface area contributed by atoms with Crippen LogP contribution in [-0.4, -0.2) is 26.8 Å². The van der Waals surface area contributed by atoms with Crippen molar-refractivity contribution in [1.82, 2.24) is 5.32 Å². The van der Waals surface area contributed by atoms with E-state index in [1.165, 1.54) is 5.56 Å². The molecule has 1 atom stereocenters. The Bertz CT molecular complexity index is 304. The summed E-state index contributed by atoms with van der Waals surface area (Å²) in [5.41, 5.74) is 1.36. The highest BCUT2D eigenvalue weighted by Gasteiger charge is 2.10. The van der Waals surface area contributed by atoms with Gasteiger partial charge in [0, 0.05) is 24.2 Å². The van der Waals surface area contributed by atoms with Crippen molar-refractivity contribution in [2.45, 2.75) is 19.3 Å². The van der Waals surface area contributed by atoms with E-state index in [9.17, 15) is 0 Å². The maximum atomic E-state index is 5.42. The third-order valence-electron chi connectivity index (χ3n) is 2.59. The van der Waals surface area contributed by atoms with Gasteiger partial charge in [-0.1, -0.05) is 28.1 Å². The number of ether oxygens (including phenoxy) is 1. The normalized spacial score (nSPS) is 12.7. The van der Waals surface area contributed by atoms with Crippen molar-refractivity contribution in [3.05, 3.63) is 34.3 Å². The molecule has 1 unspecified atom stereocenters. The number of hydrogen-bond donors (Lipinski definition) is 1. The van der Waals surface area contributed by atoms with Gasteiger partial charge >= 0.3 is 0 Å². The van der Waals surface area contributed by atoms with Crippen molar-refractivity contribution in [3.8, 4) is 0 Å². The van der Waals surface area contributed by atoms with Crippen LogP contribution in [0.25, 0.3) is 0 Å². The molecule has 0 aromatic heterocycles. The van der Waals surface area contributed by atoms with Crippen molar-refractivity contribution in [3.63, 3.8) is 0 Å². The quantitative estimate of drug-likeness (QED) is 0.777. The molecule has 0 heterocycles. The Morgan fingerprint density at radius 1 is 1.44 bits per heavy atom. The first-order valence-corrected chi connectivity index (χ1v) is 6.55. The molecule has 0 spiro atoms. The maximum Gasteiger partial charge on any atom is 0.0472 e. The lowest BCUT2D eigenvalue weighted by Gasteiger charge is -2.17. The fourth-order valence-corrected chi connectivity index (χ4v) is 2.18. The largest absolute Gasteiger partial charge is 0.382 e. The van der Waals surface area contributed by atoms with Crippen molar-refractivity contribution >= 4 is 15.9 Å². The van der Waals surface area contributed by atoms with Gasteiger partial charge in [0.05, 0.1) is 0 Å². The molecule has 1 N–H and O–H groups in total. The first-order chi connectivity index (χ1) is 7.77. The van der Waals surface area contributed by atoms with E-state index in [2.05, 4.69) is 45.5 Å². The topological polar surface area (TPSA) is 21.3 Å². The zero-order valence-electron chi connectivity index (χ0n) is 10.0. The van der Waals surface area contributed by atoms with Crippen molar-refractivity contribution in [2.24, 2.45) is 0 Å². The van der Waals surface area contributed by atoms with Gasteiger partial charge in [-0.25, -0.2) is 0 Å². The van der Waals surface area contributed by atoms with Gasteiger partial charge in [-0.15, -0.1) is 0 Å². The Morgan fingerprint density at radius 3 is 2.88 bits per heavy atom. The zero-order valence-corrected chi connectivity index (χ0v) is 11.6. The summed E-state index contributed by atoms with van der Waals surface area (Å²) in [7, 11) is 1.99. The lowest BCUT2D eigenvalue weighted by molar-refractivity contribution is 0.139. The highest BCUT2D eigenvalue weighted by molar-refractivity contribution is 9.10. The van der Waals surface area contributed by atoms with Crippen LogP contribution in [0.5, 0.6) is 0 Å². The van der Waals surface area contributed by atoms with Crippen molar-refractivity contribution < 1.29 is 4.74 Å². The Labute approximate surface area is 107 Å². The summed E-state index contributed by atoms with van der Waals surface area (Å²) in [5.74, 6) is 0.522. The molecule has 3 heteroatoms. The third kappa shape index (κ3) is 4.64. The first-order valence-electron chi connectivity index (χ1n) is 5.75. The number of nitrogens with one attached hydrogen (secondary N) is 1. The lowest BCUT2D eigenvalue weighted by atomic mass is 9.96. The predicted octanol–water partition coefficient (Wildman–Crippen LogP) is 3.18. The summed E-state index contributed by atoms with van der Waals surface area (Å²) in [5, 5.41) is 3.24. The van der Waals surface area contributed by atoms with Crippen LogP contribution in [0.2, 0.25) is 0 Å². The molecule has 16 heavy (non-hydrogen) atoms. The molecule has 0 fully saturated rings. The molecule has 0 saturated heterocycles. The maximum absolute atomic E-state index is 5.42. The van der Waals surface area contributed by atoms with Crippen LogP contribution < -0.4 is 5.32 Å². The van der Waals surface area contributed by atoms with Crippen molar-refractivity contribution in [1.29, 1.82) is 0 Å². The van der Waals surface area contributed by atoms with Gasteiger partial charge < -0.3 is 10.1 Å². The van der Waals surface area contributed by atoms with Crippen LogP contribution in [-0.2, 0) is 4.74 Å². The molecule has 0 saturated carbocycles. The van der Waals surface area contributed by atoms with Crippen LogP contribution in [0, 0.1) is 0 Å². The fourth-order valence-electron chi connectivity index (χ4n) is 1.76. The molecule has 0 amide bonds. The molecule has 90 valence electrons. The monoisotopic (exact) mass is 285 g/mol. The summed E-state index contributed by atoms with van der Waals surface area (Å²) in [6.07, 6.45) is 1.06. The Morgan fingerprint density at radius 2 is 2.25 bits per heavy atom. The van der Waals surface area contributed by atoms with E-state index < -0.39 is 0 Å². The molecule has 0 aliphatic rings. The van der Waals surface area contributed by atoms with Crippen LogP contribution in [0.1, 0.15) is 24.8 Å². The molecule has 1 aromatic rings. The minimum atomic E-state index is 0.522. The highest BCUT2D eigenvalue weighted by Crippen LogP contribution is 2.22. The second kappa shape index (κ2) is 7.82. The van der Waals surface area contributed by atoms with E-state index >= 15 is 0 Å². The van der Waals surface area contributed by atoms with Crippen molar-refractivity contribution in [2.75, 3.05) is 26.8 Å². The van der Waals surface area contributed by atoms with Gasteiger partial charge in [0.1, 0.15) is 0 Å². The number of hydrogen-bond acceptors (Lipinski definition) is 2. The van der Waals surface area contributed by atoms with E-state index in [0.717, 1.165) is 30.7 Å². The SMILES string of the molecule is CCOCCC(CNC)c1cccc(Br)c1. The summed E-state index contributed by atoms with van der Waals surface area (Å²) in [6, 6.07) is 8.51. The molecule has 0 aliphatic carbocycles. The fraction of sp³-hybridized carbons (Fsp3) is 0.538. The van der Waals surface area contributed by atoms with Gasteiger partial charge in [0.15, 0.2) is 0 Å². The predicted molar refractivity (Wildman–Crippen MR) is 71.9 cm³/mol. The number of benzene rings is 1. The minimum Gasteiger partial charge on any atom is -0.382 e. The van der Waals surface area contributed by atoms with E-state index in [0.29, 0.717) is 5.92 Å². The van der Waals surface area contributed by atoms with Crippen LogP contribution in [0.15, 0.2) is 28.7 Å². The molecular formula is C13H20BrNO. The van der Waals surface area contributed by atoms with E-state index in [4.69, 9.17) is 4.74 Å². The van der Waals surface area contributed by atoms with Gasteiger partial charge in [0.25, 0.3) is 0 Å². The molecule has 1 aromatic carbocycles. The molecule has 1 rings (SSSR count). The van der Waals surface area contributed by atoms with Gasteiger partial charge in [-0.3, -0.25) is 0 Å². The molecule has 2 nitrogen and oxygen atoms in total. The van der Waals surface area contributed by atoms with Gasteiger partial charge in [0.2, 0.25) is 0 Å². The summed E-state index contributed by atoms with van der Waals surface area (Å²) in [6.45, 7) is 4.65. The lowest BCUT2D eigenvalue weighted by Crippen LogP contribution is -2.18. The molecule has 0 aliphatic heterocycles. The molecular weight excluding hydrogens is 266 g/mol. The second-order valence-electron chi connectivity index (χ2n) is 3.80. The summed E-state index contributed by atoms with van der Waals surface area (Å²) < 4.78 is 6.56. The Hall–Kier alpha value is -0.380. The second-order valence-corrected chi connectivity index (χ2v) is 4.71. The Kier molecular flexibility index (Phi) is 6.69. The van der Waals surface area contributed by atoms with Crippen LogP contribution in [0.3, 0.4) is 0 Å². The van der Waals surface area contributed by atoms with E-state index in [-0.39, 0.29) is 0 Å². The number of halogens is 1. The highest BCUT2D eigenvalue weighted by atomic mass is 79.9. The zero-order chi connectivity index (χ0) is 11.8. The van der Waals surface area contributed by atoms with Gasteiger partial charge in [-0.05, 0) is 44.0 Å². The number of rotatable bonds is 7. The van der Waals surface area contributed by atoms with Gasteiger partial charge in [-0.2, -0.15) is 0 Å². The number of likely N-dealkylation sites (N-methyl/N-ethyl adjacent to an activating group) is 1. The summed E-state index contributed by atoms with van der Waals surface area (Å²) in [4.78, 5) is 0. The van der Waals surface area contributed by atoms with Crippen LogP contribution in [0.4, 0.5) is 0 Å². The Balaban J connectivity index is 2.61. The smallest absolute Gasteiger partial charge is 0.0472 e. The molecule has 0 radical (unpaired) electrons. The molecule has 0 bridgehead atoms.